The van der Waals surface area contributed by atoms with E-state index in [1.807, 2.05) is 0 Å². The van der Waals surface area contributed by atoms with Crippen molar-refractivity contribution in [3.63, 3.8) is 0 Å². The number of fused-ring (bicyclic) bond motifs is 1. The molecule has 89 heavy (non-hydrogen) atoms. The summed E-state index contributed by atoms with van der Waals surface area (Å²) < 4.78 is 6.01. The monoisotopic (exact) mass is 1240 g/mol. The highest BCUT2D eigenvalue weighted by atomic mass is 16.5. The van der Waals surface area contributed by atoms with Gasteiger partial charge < -0.3 is 94.3 Å². The van der Waals surface area contributed by atoms with Crippen LogP contribution < -0.4 is 64.6 Å². The van der Waals surface area contributed by atoms with Crippen molar-refractivity contribution in [2.75, 3.05) is 32.8 Å². The molecule has 2 aliphatic heterocycles. The Kier molecular flexibility index (Phi) is 25.1. The lowest BCUT2D eigenvalue weighted by atomic mass is 10.0. The summed E-state index contributed by atoms with van der Waals surface area (Å²) in [5.74, 6) is -9.10. The van der Waals surface area contributed by atoms with Crippen molar-refractivity contribution in [3.05, 3.63) is 72.5 Å². The summed E-state index contributed by atoms with van der Waals surface area (Å²) in [5, 5.41) is 45.2. The highest BCUT2D eigenvalue weighted by Crippen LogP contribution is 2.22. The Morgan fingerprint density at radius 3 is 1.85 bits per heavy atom. The van der Waals surface area contributed by atoms with Gasteiger partial charge in [-0.25, -0.2) is 9.97 Å². The van der Waals surface area contributed by atoms with Crippen molar-refractivity contribution >= 4 is 81.8 Å². The Labute approximate surface area is 512 Å². The van der Waals surface area contributed by atoms with E-state index in [-0.39, 0.29) is 94.4 Å². The van der Waals surface area contributed by atoms with Crippen LogP contribution in [0.1, 0.15) is 96.5 Å². The van der Waals surface area contributed by atoms with Gasteiger partial charge in [0.05, 0.1) is 49.4 Å². The second kappa shape index (κ2) is 32.5. The number of primary amides is 1. The average Bonchev–Trinajstić information content (AvgIpc) is 4.17. The Hall–Kier alpha value is -9.46. The van der Waals surface area contributed by atoms with Gasteiger partial charge in [-0.05, 0) is 76.8 Å². The molecule has 3 aromatic heterocycles. The van der Waals surface area contributed by atoms with E-state index in [0.29, 0.717) is 28.6 Å². The predicted molar refractivity (Wildman–Crippen MR) is 320 cm³/mol. The molecule has 5 heterocycles. The molecule has 0 spiro atoms. The number of aliphatic hydroxyl groups excluding tert-OH is 1. The second-order valence-corrected chi connectivity index (χ2v) is 23.3. The van der Waals surface area contributed by atoms with Crippen molar-refractivity contribution in [3.8, 4) is 0 Å². The molecule has 1 aromatic carbocycles. The van der Waals surface area contributed by atoms with E-state index < -0.39 is 139 Å². The number of carbonyl (C=O) groups is 11. The highest BCUT2D eigenvalue weighted by molar-refractivity contribution is 5.99. The Bertz CT molecular complexity index is 3130. The smallest absolute Gasteiger partial charge is 0.245 e. The largest absolute Gasteiger partial charge is 0.394 e. The van der Waals surface area contributed by atoms with Crippen LogP contribution in [0, 0.1) is 11.3 Å². The van der Waals surface area contributed by atoms with Crippen LogP contribution in [0.15, 0.2) is 55.5 Å². The summed E-state index contributed by atoms with van der Waals surface area (Å²) in [5.41, 5.74) is 11.7. The fourth-order valence-electron chi connectivity index (χ4n) is 10.1. The van der Waals surface area contributed by atoms with Gasteiger partial charge in [0.2, 0.25) is 65.0 Å². The molecule has 9 atom stereocenters. The Morgan fingerprint density at radius 2 is 1.28 bits per heavy atom. The van der Waals surface area contributed by atoms with Crippen molar-refractivity contribution in [1.82, 2.24) is 83.0 Å². The molecular weight excluding hydrogens is 1160 g/mol. The first kappa shape index (κ1) is 68.7. The number of nitrogens with two attached hydrogens (primary N) is 2. The minimum Gasteiger partial charge on any atom is -0.394 e. The lowest BCUT2D eigenvalue weighted by molar-refractivity contribution is -0.142. The van der Waals surface area contributed by atoms with Crippen LogP contribution in [0.3, 0.4) is 0 Å². The zero-order valence-electron chi connectivity index (χ0n) is 50.4. The molecule has 32 nitrogen and oxygen atoms in total. The summed E-state index contributed by atoms with van der Waals surface area (Å²) in [6.45, 7) is 7.02. The summed E-state index contributed by atoms with van der Waals surface area (Å²) in [6.07, 6.45) is 7.92. The van der Waals surface area contributed by atoms with E-state index in [1.165, 1.54) is 29.9 Å². The molecule has 0 saturated carbocycles. The molecule has 2 fully saturated rings. The molecule has 2 aliphatic rings. The minimum absolute atomic E-state index is 0.00212. The average molecular weight is 1240 g/mol. The van der Waals surface area contributed by atoms with Crippen molar-refractivity contribution in [2.24, 2.45) is 17.4 Å². The van der Waals surface area contributed by atoms with E-state index in [1.54, 1.807) is 65.1 Å². The number of aliphatic hydroxyl groups is 1. The highest BCUT2D eigenvalue weighted by Gasteiger charge is 2.40. The summed E-state index contributed by atoms with van der Waals surface area (Å²) in [7, 11) is 0. The lowest BCUT2D eigenvalue weighted by Gasteiger charge is -2.31. The van der Waals surface area contributed by atoms with Gasteiger partial charge in [-0.1, -0.05) is 32.0 Å². The number of aromatic nitrogens is 5. The predicted octanol–water partition coefficient (Wildman–Crippen LogP) is -3.98. The molecular formula is C57H83N19O13. The van der Waals surface area contributed by atoms with Crippen molar-refractivity contribution in [2.45, 2.75) is 159 Å². The Morgan fingerprint density at radius 1 is 0.719 bits per heavy atom. The maximum atomic E-state index is 14.6. The standard InChI is InChI=1S/C57H83N19O13/c1-30(2)18-38(48(81)69-37(12-8-16-63-56(59)60)55(88)76-17-9-13-44(76)54(87)65-25-45(58)78)70-53(86)43(27-89-57(3,4)5)75-51(84)41(21-33-24-62-29-67-33)73-52(85)42(26-77)74-49(82)39(19-31-22-64-35-11-7-6-10-34(31)35)71-50(83)40(20-32-23-61-28-66-32)72-47(80)36-14-15-46(79)68-36/h6-7,10-11,22-24,28-30,36-44,64,77H,8-9,12-21,25-27H2,1-5H3,(H2,58,78)(H,61,66)(H,62,67)(H,65,87)(H,68,79)(H,69,81)(H,70,86)(H,71,83)(H,72,80)(H,73,85)(H,74,82)(H,75,84)(H4,59,60,63)/t36-,37-,38-,39-,40-,41-,42-,43+,44-/m0/s1. The molecule has 6 rings (SSSR count). The zero-order chi connectivity index (χ0) is 65.0. The number of hydrogen-bond donors (Lipinski definition) is 17. The Balaban J connectivity index is 1.22. The zero-order valence-corrected chi connectivity index (χ0v) is 50.4. The summed E-state index contributed by atoms with van der Waals surface area (Å²) in [6, 6.07) is -5.05. The third-order valence-corrected chi connectivity index (χ3v) is 14.6. The molecule has 0 bridgehead atoms. The molecule has 4 aromatic rings. The van der Waals surface area contributed by atoms with Gasteiger partial charge in [0, 0.05) is 68.3 Å². The summed E-state index contributed by atoms with van der Waals surface area (Å²) >= 11 is 0. The fraction of sp³-hybridized carbons (Fsp3) is 0.544. The number of amides is 11. The minimum atomic E-state index is -1.78. The molecule has 11 amide bonds. The third kappa shape index (κ3) is 21.1. The summed E-state index contributed by atoms with van der Waals surface area (Å²) in [4.78, 5) is 170. The van der Waals surface area contributed by atoms with Crippen LogP contribution in [0.25, 0.3) is 10.9 Å². The van der Waals surface area contributed by atoms with Crippen molar-refractivity contribution in [1.29, 1.82) is 5.41 Å². The molecule has 0 aliphatic carbocycles. The number of nitrogens with one attached hydrogen (secondary N) is 14. The van der Waals surface area contributed by atoms with Gasteiger partial charge in [-0.15, -0.1) is 0 Å². The van der Waals surface area contributed by atoms with Crippen LogP contribution in [0.5, 0.6) is 0 Å². The van der Waals surface area contributed by atoms with Gasteiger partial charge in [0.25, 0.3) is 0 Å². The van der Waals surface area contributed by atoms with Crippen molar-refractivity contribution < 1.29 is 62.6 Å². The number of imidazole rings is 2. The molecule has 2 saturated heterocycles. The number of aromatic amines is 3. The van der Waals surface area contributed by atoms with E-state index >= 15 is 0 Å². The van der Waals surface area contributed by atoms with E-state index in [9.17, 15) is 57.8 Å². The molecule has 32 heteroatoms. The maximum Gasteiger partial charge on any atom is 0.245 e. The van der Waals surface area contributed by atoms with Crippen LogP contribution in [0.2, 0.25) is 0 Å². The fourth-order valence-corrected chi connectivity index (χ4v) is 10.1. The van der Waals surface area contributed by atoms with Gasteiger partial charge >= 0.3 is 0 Å². The quantitative estimate of drug-likeness (QED) is 0.0123. The topological polar surface area (TPSA) is 490 Å². The second-order valence-electron chi connectivity index (χ2n) is 23.3. The number of carbonyl (C=O) groups excluding carboxylic acids is 11. The van der Waals surface area contributed by atoms with E-state index in [2.05, 4.69) is 78.1 Å². The van der Waals surface area contributed by atoms with Crippen LogP contribution >= 0.6 is 0 Å². The third-order valence-electron chi connectivity index (χ3n) is 14.6. The van der Waals surface area contributed by atoms with Gasteiger partial charge in [0.1, 0.15) is 54.4 Å². The number of H-pyrrole nitrogens is 3. The van der Waals surface area contributed by atoms with Crippen LogP contribution in [0.4, 0.5) is 0 Å². The SMILES string of the molecule is CC(C)C[C@H](NC(=O)[C@@H](COC(C)(C)C)NC(=O)[C@H](Cc1c[nH]cn1)NC(=O)[C@H](CO)NC(=O)[C@H](Cc1c[nH]c2ccccc12)NC(=O)[C@H](Cc1c[nH]cn1)NC(=O)[C@@H]1CCC(=O)N1)C(=O)N[C@@H](CCCNC(=N)N)C(=O)N1CCC[C@H]1C(=O)NCC(N)=O. The van der Waals surface area contributed by atoms with Crippen LogP contribution in [-0.2, 0) is 76.7 Å². The number of hydrogen-bond acceptors (Lipinski definition) is 16. The number of likely N-dealkylation sites (tertiary alicyclic amines) is 1. The first-order valence-corrected chi connectivity index (χ1v) is 29.4. The van der Waals surface area contributed by atoms with E-state index in [4.69, 9.17) is 21.6 Å². The number of rotatable bonds is 33. The molecule has 0 unspecified atom stereocenters. The number of ether oxygens (including phenoxy) is 1. The van der Waals surface area contributed by atoms with Gasteiger partial charge in [-0.3, -0.25) is 58.1 Å². The molecule has 19 N–H and O–H groups in total. The normalized spacial score (nSPS) is 17.2. The number of benzene rings is 1. The number of para-hydroxylation sites is 1. The molecule has 484 valence electrons. The first-order chi connectivity index (χ1) is 42.3. The van der Waals surface area contributed by atoms with E-state index in [0.717, 1.165) is 0 Å². The number of guanidine groups is 1. The van der Waals surface area contributed by atoms with Crippen LogP contribution in [-0.4, -0.2) is 199 Å². The van der Waals surface area contributed by atoms with Gasteiger partial charge in [-0.2, -0.15) is 0 Å². The maximum absolute atomic E-state index is 14.6. The lowest BCUT2D eigenvalue weighted by Crippen LogP contribution is -2.62. The number of nitrogens with zero attached hydrogens (tertiary/aromatic N) is 3. The first-order valence-electron chi connectivity index (χ1n) is 29.4. The molecule has 0 radical (unpaired) electrons. The van der Waals surface area contributed by atoms with Gasteiger partial charge in [0.15, 0.2) is 5.96 Å².